The van der Waals surface area contributed by atoms with Crippen LogP contribution in [0.2, 0.25) is 0 Å². The minimum atomic E-state index is -4.87. The molecule has 0 spiro atoms. The van der Waals surface area contributed by atoms with Crippen molar-refractivity contribution in [3.8, 4) is 0 Å². The first-order valence-electron chi connectivity index (χ1n) is 9.28. The smallest absolute Gasteiger partial charge is 0.744 e. The van der Waals surface area contributed by atoms with Gasteiger partial charge in [-0.3, -0.25) is 0 Å². The Morgan fingerprint density at radius 3 is 0.925 bits per heavy atom. The molecular formula is C20H12K4O12S4. The van der Waals surface area contributed by atoms with Gasteiger partial charge in [-0.05, 0) is 45.8 Å². The summed E-state index contributed by atoms with van der Waals surface area (Å²) in [7, 11) is -19.4. The molecule has 40 heavy (non-hydrogen) atoms. The van der Waals surface area contributed by atoms with E-state index in [-0.39, 0.29) is 227 Å². The zero-order valence-electron chi connectivity index (χ0n) is 21.5. The topological polar surface area (TPSA) is 229 Å². The fourth-order valence-electron chi connectivity index (χ4n) is 3.20. The van der Waals surface area contributed by atoms with Crippen LogP contribution in [0.5, 0.6) is 0 Å². The number of hydrogen-bond acceptors (Lipinski definition) is 12. The van der Waals surface area contributed by atoms with Gasteiger partial charge < -0.3 is 18.2 Å². The van der Waals surface area contributed by atoms with E-state index in [0.29, 0.717) is 12.1 Å². The maximum absolute atomic E-state index is 11.1. The van der Waals surface area contributed by atoms with Gasteiger partial charge in [0.05, 0.1) is 19.6 Å². The molecule has 0 aromatic heterocycles. The Hall–Kier alpha value is 3.59. The van der Waals surface area contributed by atoms with E-state index in [1.54, 1.807) is 0 Å². The van der Waals surface area contributed by atoms with Gasteiger partial charge in [0.1, 0.15) is 40.5 Å². The minimum Gasteiger partial charge on any atom is -0.744 e. The van der Waals surface area contributed by atoms with E-state index in [9.17, 15) is 51.9 Å². The molecule has 0 fully saturated rings. The van der Waals surface area contributed by atoms with E-state index in [1.165, 1.54) is 48.5 Å². The Kier molecular flexibility index (Phi) is 20.8. The summed E-state index contributed by atoms with van der Waals surface area (Å²) in [5.74, 6) is 0. The first-order valence-corrected chi connectivity index (χ1v) is 14.9. The second kappa shape index (κ2) is 18.2. The number of fused-ring (bicyclic) bond motifs is 2. The van der Waals surface area contributed by atoms with E-state index in [4.69, 9.17) is 0 Å². The predicted octanol–water partition coefficient (Wildman–Crippen LogP) is -10.7. The summed E-state index contributed by atoms with van der Waals surface area (Å²) in [4.78, 5) is -2.91. The van der Waals surface area contributed by atoms with Crippen molar-refractivity contribution in [1.29, 1.82) is 0 Å². The molecule has 0 aliphatic heterocycles. The summed E-state index contributed by atoms with van der Waals surface area (Å²) in [6.45, 7) is 0. The molecule has 20 heteroatoms. The summed E-state index contributed by atoms with van der Waals surface area (Å²) in [6.07, 6.45) is 0. The average Bonchev–Trinajstić information content (AvgIpc) is 2.75. The molecule has 4 aromatic carbocycles. The van der Waals surface area contributed by atoms with Crippen LogP contribution >= 0.6 is 0 Å². The molecule has 0 radical (unpaired) electrons. The van der Waals surface area contributed by atoms with Gasteiger partial charge in [-0.15, -0.1) is 0 Å². The quantitative estimate of drug-likeness (QED) is 0.141. The number of benzene rings is 4. The van der Waals surface area contributed by atoms with Crippen molar-refractivity contribution in [2.45, 2.75) is 19.6 Å². The first-order chi connectivity index (χ1) is 16.4. The third-order valence-corrected chi connectivity index (χ3v) is 8.09. The molecule has 0 aliphatic rings. The molecule has 0 atom stereocenters. The van der Waals surface area contributed by atoms with Crippen molar-refractivity contribution in [2.75, 3.05) is 0 Å². The molecule has 0 N–H and O–H groups in total. The maximum atomic E-state index is 11.1. The minimum absolute atomic E-state index is 0. The van der Waals surface area contributed by atoms with Crippen LogP contribution in [0.3, 0.4) is 0 Å². The molecule has 4 rings (SSSR count). The summed E-state index contributed by atoms with van der Waals surface area (Å²) < 4.78 is 132. The molecule has 0 aliphatic carbocycles. The predicted molar refractivity (Wildman–Crippen MR) is 120 cm³/mol. The zero-order chi connectivity index (χ0) is 27.1. The molecule has 192 valence electrons. The van der Waals surface area contributed by atoms with Gasteiger partial charge in [-0.1, -0.05) is 48.5 Å². The van der Waals surface area contributed by atoms with E-state index in [0.717, 1.165) is 12.1 Å². The fraction of sp³-hybridized carbons (Fsp3) is 0. The molecule has 0 heterocycles. The van der Waals surface area contributed by atoms with Crippen molar-refractivity contribution >= 4 is 62.0 Å². The zero-order valence-corrected chi connectivity index (χ0v) is 37.2. The second-order valence-corrected chi connectivity index (χ2v) is 12.6. The van der Waals surface area contributed by atoms with Crippen LogP contribution in [-0.4, -0.2) is 51.9 Å². The van der Waals surface area contributed by atoms with E-state index < -0.39 is 60.1 Å². The Bertz CT molecular complexity index is 1800. The molecule has 12 nitrogen and oxygen atoms in total. The van der Waals surface area contributed by atoms with Gasteiger partial charge in [0.15, 0.2) is 0 Å². The second-order valence-electron chi connectivity index (χ2n) is 7.10. The normalized spacial score (nSPS) is 11.5. The van der Waals surface area contributed by atoms with Gasteiger partial charge in [-0.2, -0.15) is 0 Å². The Morgan fingerprint density at radius 1 is 0.400 bits per heavy atom. The molecule has 0 saturated carbocycles. The van der Waals surface area contributed by atoms with E-state index in [1.807, 2.05) is 0 Å². The summed E-state index contributed by atoms with van der Waals surface area (Å²) in [5, 5.41) is 0.563. The maximum Gasteiger partial charge on any atom is 1.00 e. The Morgan fingerprint density at radius 2 is 0.675 bits per heavy atom. The van der Waals surface area contributed by atoms with Gasteiger partial charge in [0.2, 0.25) is 0 Å². The third-order valence-electron chi connectivity index (χ3n) is 4.71. The Balaban J connectivity index is 0. The van der Waals surface area contributed by atoms with Crippen LogP contribution in [0.25, 0.3) is 21.5 Å². The molecule has 0 unspecified atom stereocenters. The van der Waals surface area contributed by atoms with Crippen molar-refractivity contribution < 1.29 is 257 Å². The molecule has 4 aromatic rings. The van der Waals surface area contributed by atoms with Crippen molar-refractivity contribution in [3.05, 3.63) is 72.8 Å². The van der Waals surface area contributed by atoms with Crippen molar-refractivity contribution in [3.63, 3.8) is 0 Å². The summed E-state index contributed by atoms with van der Waals surface area (Å²) in [5.41, 5.74) is 0. The van der Waals surface area contributed by atoms with Gasteiger partial charge >= 0.3 is 206 Å². The van der Waals surface area contributed by atoms with Crippen LogP contribution < -0.4 is 206 Å². The van der Waals surface area contributed by atoms with Crippen LogP contribution in [0.1, 0.15) is 0 Å². The van der Waals surface area contributed by atoms with Gasteiger partial charge in [0.25, 0.3) is 0 Å². The SMILES string of the molecule is O=S(=O)([O-])c1cc(S(=O)(=O)[O-])c2ccccc2c1.O=S(=O)([O-])c1cc(S(=O)(=O)[O-])c2ccccc2c1.[K+].[K+].[K+].[K+]. The van der Waals surface area contributed by atoms with Gasteiger partial charge in [-0.25, -0.2) is 33.7 Å². The molecule has 0 saturated heterocycles. The fourth-order valence-corrected chi connectivity index (χ4v) is 5.87. The standard InChI is InChI=1S/2C10H8O6S2.4K/c2*11-17(12,13)8-5-7-3-1-2-4-9(7)10(6-8)18(14,15)16;;;;/h2*1-6H,(H,11,12,13)(H,14,15,16);;;;/q;;4*+1/p-4. The number of rotatable bonds is 4. The first kappa shape index (κ1) is 45.7. The molecular weight excluding hydrogens is 717 g/mol. The van der Waals surface area contributed by atoms with Crippen LogP contribution in [0.4, 0.5) is 0 Å². The largest absolute Gasteiger partial charge is 1.00 e. The molecule has 0 bridgehead atoms. The average molecular weight is 729 g/mol. The summed E-state index contributed by atoms with van der Waals surface area (Å²) >= 11 is 0. The Labute approximate surface area is 401 Å². The van der Waals surface area contributed by atoms with Crippen LogP contribution in [0.15, 0.2) is 92.4 Å². The van der Waals surface area contributed by atoms with E-state index in [2.05, 4.69) is 0 Å². The summed E-state index contributed by atoms with van der Waals surface area (Å²) in [6, 6.07) is 14.9. The van der Waals surface area contributed by atoms with Crippen molar-refractivity contribution in [2.24, 2.45) is 0 Å². The third kappa shape index (κ3) is 12.7. The van der Waals surface area contributed by atoms with Crippen LogP contribution in [0, 0.1) is 0 Å². The monoisotopic (exact) mass is 728 g/mol. The van der Waals surface area contributed by atoms with E-state index >= 15 is 0 Å². The molecule has 0 amide bonds. The van der Waals surface area contributed by atoms with Crippen molar-refractivity contribution in [1.82, 2.24) is 0 Å². The van der Waals surface area contributed by atoms with Gasteiger partial charge in [0, 0.05) is 0 Å². The van der Waals surface area contributed by atoms with Crippen LogP contribution in [-0.2, 0) is 40.5 Å². The number of hydrogen-bond donors (Lipinski definition) is 0.